The van der Waals surface area contributed by atoms with Gasteiger partial charge in [0.05, 0.1) is 39.9 Å². The number of non-ortho nitro benzene ring substituents is 1. The zero-order valence-electron chi connectivity index (χ0n) is 16.6. The van der Waals surface area contributed by atoms with Crippen molar-refractivity contribution in [3.05, 3.63) is 63.2 Å². The molecule has 0 bridgehead atoms. The number of ether oxygens (including phenoxy) is 1. The Kier molecular flexibility index (Phi) is 5.92. The van der Waals surface area contributed by atoms with Crippen molar-refractivity contribution in [2.45, 2.75) is 31.1 Å². The molecule has 4 rings (SSSR count). The zero-order valence-corrected chi connectivity index (χ0v) is 17.4. The number of morpholine rings is 1. The van der Waals surface area contributed by atoms with E-state index in [2.05, 4.69) is 10.2 Å². The highest BCUT2D eigenvalue weighted by Crippen LogP contribution is 2.43. The number of anilines is 2. The van der Waals surface area contributed by atoms with Gasteiger partial charge in [-0.1, -0.05) is 42.6 Å². The number of carbonyl (C=O) groups is 1. The van der Waals surface area contributed by atoms with Crippen molar-refractivity contribution >= 4 is 34.6 Å². The second-order valence-electron chi connectivity index (χ2n) is 7.78. The molecule has 1 aliphatic heterocycles. The van der Waals surface area contributed by atoms with Gasteiger partial charge in [0, 0.05) is 25.2 Å². The summed E-state index contributed by atoms with van der Waals surface area (Å²) in [7, 11) is 0. The normalized spacial score (nSPS) is 18.2. The Bertz CT molecular complexity index is 936. The summed E-state index contributed by atoms with van der Waals surface area (Å²) in [6, 6.07) is 11.9. The van der Waals surface area contributed by atoms with Crippen molar-refractivity contribution in [1.82, 2.24) is 0 Å². The van der Waals surface area contributed by atoms with Crippen molar-refractivity contribution in [2.75, 3.05) is 36.5 Å². The number of nitrogens with zero attached hydrogens (tertiary/aromatic N) is 2. The molecule has 2 fully saturated rings. The summed E-state index contributed by atoms with van der Waals surface area (Å²) >= 11 is 6.51. The van der Waals surface area contributed by atoms with Crippen molar-refractivity contribution in [3.63, 3.8) is 0 Å². The summed E-state index contributed by atoms with van der Waals surface area (Å²) in [6.07, 6.45) is 3.31. The van der Waals surface area contributed by atoms with Crippen LogP contribution in [0.5, 0.6) is 0 Å². The molecule has 1 saturated heterocycles. The van der Waals surface area contributed by atoms with Crippen molar-refractivity contribution in [2.24, 2.45) is 0 Å². The maximum absolute atomic E-state index is 13.6. The molecule has 0 atom stereocenters. The topological polar surface area (TPSA) is 84.7 Å². The van der Waals surface area contributed by atoms with Crippen LogP contribution in [0.3, 0.4) is 0 Å². The first-order valence-electron chi connectivity index (χ1n) is 10.2. The third-order valence-electron chi connectivity index (χ3n) is 6.08. The second-order valence-corrected chi connectivity index (χ2v) is 8.19. The molecule has 8 heteroatoms. The summed E-state index contributed by atoms with van der Waals surface area (Å²) in [5, 5.41) is 14.7. The number of nitrogens with one attached hydrogen (secondary N) is 1. The van der Waals surface area contributed by atoms with Gasteiger partial charge in [-0.3, -0.25) is 14.9 Å². The first-order valence-corrected chi connectivity index (χ1v) is 10.6. The van der Waals surface area contributed by atoms with E-state index in [1.165, 1.54) is 12.1 Å². The van der Waals surface area contributed by atoms with Gasteiger partial charge in [0.25, 0.3) is 5.69 Å². The summed E-state index contributed by atoms with van der Waals surface area (Å²) in [5.41, 5.74) is 1.64. The molecule has 30 heavy (non-hydrogen) atoms. The standard InChI is InChI=1S/C22H24ClN3O4/c23-18-4-3-5-19(20(18)25-12-14-30-15-13-25)24-21(27)22(10-1-2-11-22)16-6-8-17(9-7-16)26(28)29/h3-9H,1-2,10-15H2,(H,24,27). The van der Waals surface area contributed by atoms with E-state index < -0.39 is 10.3 Å². The quantitative estimate of drug-likeness (QED) is 0.557. The maximum atomic E-state index is 13.6. The van der Waals surface area contributed by atoms with Gasteiger partial charge in [-0.15, -0.1) is 0 Å². The average molecular weight is 430 g/mol. The fraction of sp³-hybridized carbons (Fsp3) is 0.409. The Morgan fingerprint density at radius 3 is 2.40 bits per heavy atom. The first kappa shape index (κ1) is 20.6. The molecule has 1 aliphatic carbocycles. The molecule has 2 aromatic carbocycles. The number of hydrogen-bond donors (Lipinski definition) is 1. The molecule has 2 aromatic rings. The third kappa shape index (κ3) is 3.87. The molecule has 0 radical (unpaired) electrons. The van der Waals surface area contributed by atoms with Crippen molar-refractivity contribution in [3.8, 4) is 0 Å². The summed E-state index contributed by atoms with van der Waals surface area (Å²) in [5.74, 6) is -0.0920. The minimum absolute atomic E-state index is 0.0248. The number of amides is 1. The van der Waals surface area contributed by atoms with E-state index in [9.17, 15) is 14.9 Å². The van der Waals surface area contributed by atoms with Crippen LogP contribution in [0.1, 0.15) is 31.2 Å². The molecule has 1 amide bonds. The molecule has 1 heterocycles. The lowest BCUT2D eigenvalue weighted by Crippen LogP contribution is -2.40. The van der Waals surface area contributed by atoms with Gasteiger partial charge < -0.3 is 15.0 Å². The number of carbonyl (C=O) groups excluding carboxylic acids is 1. The smallest absolute Gasteiger partial charge is 0.269 e. The van der Waals surface area contributed by atoms with E-state index in [-0.39, 0.29) is 11.6 Å². The van der Waals surface area contributed by atoms with Crippen LogP contribution < -0.4 is 10.2 Å². The number of halogens is 1. The minimum atomic E-state index is -0.695. The Hall–Kier alpha value is -2.64. The largest absolute Gasteiger partial charge is 0.378 e. The molecule has 2 aliphatic rings. The van der Waals surface area contributed by atoms with E-state index in [1.54, 1.807) is 12.1 Å². The lowest BCUT2D eigenvalue weighted by molar-refractivity contribution is -0.384. The van der Waals surface area contributed by atoms with Crippen LogP contribution >= 0.6 is 11.6 Å². The van der Waals surface area contributed by atoms with Crippen molar-refractivity contribution < 1.29 is 14.5 Å². The molecule has 1 N–H and O–H groups in total. The Labute approximate surface area is 180 Å². The first-order chi connectivity index (χ1) is 14.5. The third-order valence-corrected chi connectivity index (χ3v) is 6.39. The van der Waals surface area contributed by atoms with Gasteiger partial charge in [0.2, 0.25) is 5.91 Å². The minimum Gasteiger partial charge on any atom is -0.378 e. The fourth-order valence-electron chi connectivity index (χ4n) is 4.49. The predicted octanol–water partition coefficient (Wildman–Crippen LogP) is 4.54. The molecular weight excluding hydrogens is 406 g/mol. The number of hydrogen-bond acceptors (Lipinski definition) is 5. The van der Waals surface area contributed by atoms with Crippen LogP contribution in [0, 0.1) is 10.1 Å². The van der Waals surface area contributed by atoms with Gasteiger partial charge >= 0.3 is 0 Å². The fourth-order valence-corrected chi connectivity index (χ4v) is 4.79. The Morgan fingerprint density at radius 2 is 1.77 bits per heavy atom. The van der Waals surface area contributed by atoms with E-state index >= 15 is 0 Å². The van der Waals surface area contributed by atoms with Crippen LogP contribution in [-0.4, -0.2) is 37.1 Å². The highest BCUT2D eigenvalue weighted by molar-refractivity contribution is 6.34. The number of benzene rings is 2. The highest BCUT2D eigenvalue weighted by Gasteiger charge is 2.43. The van der Waals surface area contributed by atoms with Crippen LogP contribution in [-0.2, 0) is 14.9 Å². The number of nitro groups is 1. The van der Waals surface area contributed by atoms with Gasteiger partial charge in [0.1, 0.15) is 0 Å². The lowest BCUT2D eigenvalue weighted by Gasteiger charge is -2.33. The molecule has 7 nitrogen and oxygen atoms in total. The molecule has 0 unspecified atom stereocenters. The zero-order chi connectivity index (χ0) is 21.1. The van der Waals surface area contributed by atoms with Crippen LogP contribution in [0.2, 0.25) is 5.02 Å². The van der Waals surface area contributed by atoms with E-state index in [0.29, 0.717) is 49.9 Å². The summed E-state index contributed by atoms with van der Waals surface area (Å²) in [4.78, 5) is 26.3. The second kappa shape index (κ2) is 8.62. The van der Waals surface area contributed by atoms with Gasteiger partial charge in [-0.25, -0.2) is 0 Å². The Morgan fingerprint density at radius 1 is 1.10 bits per heavy atom. The van der Waals surface area contributed by atoms with Gasteiger partial charge in [-0.05, 0) is 30.5 Å². The molecule has 1 saturated carbocycles. The Balaban J connectivity index is 1.65. The summed E-state index contributed by atoms with van der Waals surface area (Å²) < 4.78 is 5.44. The number of rotatable bonds is 5. The summed E-state index contributed by atoms with van der Waals surface area (Å²) in [6.45, 7) is 2.65. The van der Waals surface area contributed by atoms with Crippen molar-refractivity contribution in [1.29, 1.82) is 0 Å². The van der Waals surface area contributed by atoms with E-state index in [4.69, 9.17) is 16.3 Å². The van der Waals surface area contributed by atoms with Gasteiger partial charge in [-0.2, -0.15) is 0 Å². The van der Waals surface area contributed by atoms with Crippen LogP contribution in [0.4, 0.5) is 17.1 Å². The average Bonchev–Trinajstić information content (AvgIpc) is 3.26. The van der Waals surface area contributed by atoms with Crippen LogP contribution in [0.15, 0.2) is 42.5 Å². The molecule has 0 aromatic heterocycles. The molecule has 0 spiro atoms. The number of para-hydroxylation sites is 1. The SMILES string of the molecule is O=C(Nc1cccc(Cl)c1N1CCOCC1)C1(c2ccc([N+](=O)[O-])cc2)CCCC1. The van der Waals surface area contributed by atoms with Crippen LogP contribution in [0.25, 0.3) is 0 Å². The number of nitro benzene ring substituents is 1. The molecular formula is C22H24ClN3O4. The predicted molar refractivity (Wildman–Crippen MR) is 116 cm³/mol. The highest BCUT2D eigenvalue weighted by atomic mass is 35.5. The van der Waals surface area contributed by atoms with E-state index in [0.717, 1.165) is 24.1 Å². The monoisotopic (exact) mass is 429 g/mol. The maximum Gasteiger partial charge on any atom is 0.269 e. The van der Waals surface area contributed by atoms with Gasteiger partial charge in [0.15, 0.2) is 0 Å². The van der Waals surface area contributed by atoms with E-state index in [1.807, 2.05) is 18.2 Å². The lowest BCUT2D eigenvalue weighted by atomic mass is 9.78. The molecule has 158 valence electrons.